The molecule has 5 heteroatoms. The summed E-state index contributed by atoms with van der Waals surface area (Å²) >= 11 is 0. The molecular weight excluding hydrogens is 266 g/mol. The van der Waals surface area contributed by atoms with Gasteiger partial charge in [-0.05, 0) is 31.7 Å². The van der Waals surface area contributed by atoms with Crippen molar-refractivity contribution in [2.75, 3.05) is 40.0 Å². The quantitative estimate of drug-likeness (QED) is 0.779. The molecule has 1 aliphatic heterocycles. The Morgan fingerprint density at radius 1 is 1.33 bits per heavy atom. The van der Waals surface area contributed by atoms with Gasteiger partial charge >= 0.3 is 0 Å². The Balaban J connectivity index is 2.05. The van der Waals surface area contributed by atoms with E-state index in [-0.39, 0.29) is 0 Å². The lowest BCUT2D eigenvalue weighted by Crippen LogP contribution is -2.25. The van der Waals surface area contributed by atoms with Crippen LogP contribution in [0.4, 0.5) is 0 Å². The molecule has 1 aromatic heterocycles. The van der Waals surface area contributed by atoms with Crippen LogP contribution in [0.15, 0.2) is 0 Å². The van der Waals surface area contributed by atoms with Gasteiger partial charge in [0.1, 0.15) is 5.82 Å². The molecule has 2 atom stereocenters. The molecule has 1 saturated heterocycles. The highest BCUT2D eigenvalue weighted by Gasteiger charge is 2.23. The van der Waals surface area contributed by atoms with Gasteiger partial charge in [-0.15, -0.1) is 0 Å². The summed E-state index contributed by atoms with van der Waals surface area (Å²) in [6, 6.07) is 0. The summed E-state index contributed by atoms with van der Waals surface area (Å²) in [5, 5.41) is 3.41. The number of hydrogen-bond donors (Lipinski definition) is 1. The Labute approximate surface area is 127 Å². The fourth-order valence-electron chi connectivity index (χ4n) is 2.98. The van der Waals surface area contributed by atoms with Crippen molar-refractivity contribution in [3.63, 3.8) is 0 Å². The lowest BCUT2D eigenvalue weighted by atomic mass is 9.97. The van der Waals surface area contributed by atoms with Crippen LogP contribution in [-0.2, 0) is 9.47 Å². The molecule has 0 amide bonds. The Morgan fingerprint density at radius 2 is 2.05 bits per heavy atom. The van der Waals surface area contributed by atoms with Crippen molar-refractivity contribution in [3.05, 3.63) is 22.8 Å². The summed E-state index contributed by atoms with van der Waals surface area (Å²) in [5.74, 6) is 1.72. The van der Waals surface area contributed by atoms with E-state index in [1.54, 1.807) is 7.11 Å². The number of nitrogens with zero attached hydrogens (tertiary/aromatic N) is 2. The van der Waals surface area contributed by atoms with E-state index < -0.39 is 0 Å². The predicted molar refractivity (Wildman–Crippen MR) is 82.8 cm³/mol. The Morgan fingerprint density at radius 3 is 2.62 bits per heavy atom. The molecule has 1 fully saturated rings. The second-order valence-electron chi connectivity index (χ2n) is 5.82. The minimum atomic E-state index is 0.367. The monoisotopic (exact) mass is 293 g/mol. The topological polar surface area (TPSA) is 56.3 Å². The number of rotatable bonds is 7. The molecule has 2 heterocycles. The van der Waals surface area contributed by atoms with Gasteiger partial charge in [0.2, 0.25) is 0 Å². The van der Waals surface area contributed by atoms with E-state index in [1.165, 1.54) is 5.56 Å². The Kier molecular flexibility index (Phi) is 6.08. The largest absolute Gasteiger partial charge is 0.383 e. The van der Waals surface area contributed by atoms with Crippen molar-refractivity contribution < 1.29 is 9.47 Å². The van der Waals surface area contributed by atoms with Gasteiger partial charge in [0.15, 0.2) is 0 Å². The van der Waals surface area contributed by atoms with Gasteiger partial charge in [-0.2, -0.15) is 0 Å². The number of hydrogen-bond acceptors (Lipinski definition) is 5. The lowest BCUT2D eigenvalue weighted by molar-refractivity contribution is 0.193. The fraction of sp³-hybridized carbons (Fsp3) is 0.750. The highest BCUT2D eigenvalue weighted by atomic mass is 16.5. The normalized spacial score (nSPS) is 19.9. The highest BCUT2D eigenvalue weighted by Crippen LogP contribution is 2.26. The number of aryl methyl sites for hydroxylation is 2. The minimum Gasteiger partial charge on any atom is -0.383 e. The molecule has 0 saturated carbocycles. The molecule has 1 aliphatic rings. The van der Waals surface area contributed by atoms with Crippen LogP contribution in [0, 0.1) is 13.8 Å². The zero-order chi connectivity index (χ0) is 15.2. The third-order valence-electron chi connectivity index (χ3n) is 4.07. The summed E-state index contributed by atoms with van der Waals surface area (Å²) in [7, 11) is 1.72. The minimum absolute atomic E-state index is 0.367. The van der Waals surface area contributed by atoms with Crippen molar-refractivity contribution in [2.45, 2.75) is 39.0 Å². The molecule has 0 radical (unpaired) electrons. The van der Waals surface area contributed by atoms with Crippen LogP contribution in [0.1, 0.15) is 48.0 Å². The first kappa shape index (κ1) is 16.3. The average Bonchev–Trinajstić information content (AvgIpc) is 2.97. The van der Waals surface area contributed by atoms with Gasteiger partial charge in [0, 0.05) is 44.1 Å². The Bertz CT molecular complexity index is 436. The standard InChI is InChI=1S/C16H27N3O2/c1-11(9-17-6-8-20-4)15-12(2)18-16(19-13(15)3)14-5-7-21-10-14/h11,14,17H,5-10H2,1-4H3. The van der Waals surface area contributed by atoms with Crippen molar-refractivity contribution >= 4 is 0 Å². The van der Waals surface area contributed by atoms with E-state index in [0.29, 0.717) is 11.8 Å². The second kappa shape index (κ2) is 7.82. The molecular formula is C16H27N3O2. The second-order valence-corrected chi connectivity index (χ2v) is 5.82. The molecule has 21 heavy (non-hydrogen) atoms. The van der Waals surface area contributed by atoms with Gasteiger partial charge in [-0.25, -0.2) is 9.97 Å². The van der Waals surface area contributed by atoms with Gasteiger partial charge in [0.25, 0.3) is 0 Å². The van der Waals surface area contributed by atoms with Crippen LogP contribution in [-0.4, -0.2) is 50.0 Å². The van der Waals surface area contributed by atoms with Gasteiger partial charge in [-0.3, -0.25) is 0 Å². The molecule has 2 unspecified atom stereocenters. The summed E-state index contributed by atoms with van der Waals surface area (Å²) in [5.41, 5.74) is 3.47. The van der Waals surface area contributed by atoms with E-state index >= 15 is 0 Å². The van der Waals surface area contributed by atoms with Crippen LogP contribution in [0.3, 0.4) is 0 Å². The molecule has 118 valence electrons. The van der Waals surface area contributed by atoms with E-state index in [4.69, 9.17) is 19.4 Å². The van der Waals surface area contributed by atoms with E-state index in [1.807, 2.05) is 0 Å². The maximum atomic E-state index is 5.44. The van der Waals surface area contributed by atoms with Gasteiger partial charge < -0.3 is 14.8 Å². The molecule has 0 aliphatic carbocycles. The first-order valence-electron chi connectivity index (χ1n) is 7.76. The van der Waals surface area contributed by atoms with E-state index in [0.717, 1.165) is 56.5 Å². The smallest absolute Gasteiger partial charge is 0.134 e. The van der Waals surface area contributed by atoms with Gasteiger partial charge in [0.05, 0.1) is 13.2 Å². The average molecular weight is 293 g/mol. The van der Waals surface area contributed by atoms with E-state index in [2.05, 4.69) is 26.1 Å². The van der Waals surface area contributed by atoms with Crippen LogP contribution in [0.2, 0.25) is 0 Å². The highest BCUT2D eigenvalue weighted by molar-refractivity contribution is 5.29. The Hall–Kier alpha value is -1.04. The summed E-state index contributed by atoms with van der Waals surface area (Å²) in [6.45, 7) is 10.5. The van der Waals surface area contributed by atoms with Crippen LogP contribution >= 0.6 is 0 Å². The fourth-order valence-corrected chi connectivity index (χ4v) is 2.98. The SMILES string of the molecule is COCCNCC(C)c1c(C)nc(C2CCOC2)nc1C. The molecule has 1 N–H and O–H groups in total. The molecule has 0 aromatic carbocycles. The zero-order valence-electron chi connectivity index (χ0n) is 13.6. The summed E-state index contributed by atoms with van der Waals surface area (Å²) in [6.07, 6.45) is 1.03. The predicted octanol–water partition coefficient (Wildman–Crippen LogP) is 1.94. The number of methoxy groups -OCH3 is 1. The van der Waals surface area contributed by atoms with E-state index in [9.17, 15) is 0 Å². The molecule has 5 nitrogen and oxygen atoms in total. The van der Waals surface area contributed by atoms with Crippen LogP contribution < -0.4 is 5.32 Å². The maximum Gasteiger partial charge on any atom is 0.134 e. The molecule has 0 spiro atoms. The third kappa shape index (κ3) is 4.22. The van der Waals surface area contributed by atoms with Gasteiger partial charge in [-0.1, -0.05) is 6.92 Å². The molecule has 2 rings (SSSR count). The number of aromatic nitrogens is 2. The van der Waals surface area contributed by atoms with Crippen molar-refractivity contribution in [3.8, 4) is 0 Å². The van der Waals surface area contributed by atoms with Crippen molar-refractivity contribution in [1.29, 1.82) is 0 Å². The lowest BCUT2D eigenvalue weighted by Gasteiger charge is -2.19. The molecule has 0 bridgehead atoms. The summed E-state index contributed by atoms with van der Waals surface area (Å²) in [4.78, 5) is 9.48. The number of ether oxygens (including phenoxy) is 2. The summed E-state index contributed by atoms with van der Waals surface area (Å²) < 4.78 is 10.5. The first-order chi connectivity index (χ1) is 10.1. The first-order valence-corrected chi connectivity index (χ1v) is 7.76. The maximum absolute atomic E-state index is 5.44. The molecule has 1 aromatic rings. The third-order valence-corrected chi connectivity index (χ3v) is 4.07. The van der Waals surface area contributed by atoms with Crippen LogP contribution in [0.25, 0.3) is 0 Å². The zero-order valence-corrected chi connectivity index (χ0v) is 13.6. The van der Waals surface area contributed by atoms with Crippen molar-refractivity contribution in [2.24, 2.45) is 0 Å². The van der Waals surface area contributed by atoms with Crippen LogP contribution in [0.5, 0.6) is 0 Å². The van der Waals surface area contributed by atoms with Crippen molar-refractivity contribution in [1.82, 2.24) is 15.3 Å². The number of nitrogens with one attached hydrogen (secondary N) is 1.